The molecule has 0 spiro atoms. The van der Waals surface area contributed by atoms with Gasteiger partial charge in [0.2, 0.25) is 0 Å². The van der Waals surface area contributed by atoms with E-state index in [1.807, 2.05) is 24.3 Å². The highest BCUT2D eigenvalue weighted by Gasteiger charge is 2.22. The number of rotatable bonds is 7. The molecule has 0 aliphatic carbocycles. The van der Waals surface area contributed by atoms with Crippen LogP contribution in [-0.4, -0.2) is 73.0 Å². The number of amides is 1. The molecule has 1 fully saturated rings. The summed E-state index contributed by atoms with van der Waals surface area (Å²) in [6.07, 6.45) is 3.46. The summed E-state index contributed by atoms with van der Waals surface area (Å²) >= 11 is 0. The topological polar surface area (TPSA) is 89.9 Å². The quantitative estimate of drug-likeness (QED) is 0.558. The second-order valence-electron chi connectivity index (χ2n) is 7.22. The summed E-state index contributed by atoms with van der Waals surface area (Å²) in [4.78, 5) is 20.6. The van der Waals surface area contributed by atoms with Crippen LogP contribution in [0.4, 0.5) is 5.82 Å². The minimum atomic E-state index is -0.0643. The molecule has 1 aliphatic rings. The van der Waals surface area contributed by atoms with Gasteiger partial charge in [0.15, 0.2) is 12.4 Å². The van der Waals surface area contributed by atoms with E-state index in [-0.39, 0.29) is 12.5 Å². The Morgan fingerprint density at radius 1 is 0.875 bits per heavy atom. The molecule has 0 saturated carbocycles. The molecule has 1 amide bonds. The summed E-state index contributed by atoms with van der Waals surface area (Å²) in [6.45, 7) is 2.51. The summed E-state index contributed by atoms with van der Waals surface area (Å²) in [5.41, 5.74) is 1.78. The first-order valence-electron chi connectivity index (χ1n) is 10.3. The van der Waals surface area contributed by atoms with Gasteiger partial charge in [-0.1, -0.05) is 0 Å². The van der Waals surface area contributed by atoms with Crippen LogP contribution in [0.1, 0.15) is 0 Å². The number of hydrogen-bond acceptors (Lipinski definition) is 8. The van der Waals surface area contributed by atoms with E-state index in [1.54, 1.807) is 49.7 Å². The number of aromatic nitrogens is 3. The van der Waals surface area contributed by atoms with Crippen molar-refractivity contribution in [1.29, 1.82) is 0 Å². The van der Waals surface area contributed by atoms with Gasteiger partial charge in [-0.05, 0) is 24.3 Å². The van der Waals surface area contributed by atoms with Gasteiger partial charge in [-0.2, -0.15) is 0 Å². The van der Waals surface area contributed by atoms with E-state index in [4.69, 9.17) is 14.2 Å². The maximum atomic E-state index is 12.6. The Labute approximate surface area is 186 Å². The highest BCUT2D eigenvalue weighted by atomic mass is 16.5. The standard InChI is InChI=1S/C23H25N5O4/c1-30-18-13-19(31-2)15-20(14-18)32-16-23(29)28-11-9-27(10-12-28)22-4-3-21(25-26-22)17-5-7-24-8-6-17/h3-8,13-15H,9-12,16H2,1-2H3. The molecular formula is C23H25N5O4. The molecule has 3 heterocycles. The fourth-order valence-electron chi connectivity index (χ4n) is 3.46. The SMILES string of the molecule is COc1cc(OC)cc(OCC(=O)N2CCN(c3ccc(-c4ccncc4)nn3)CC2)c1. The van der Waals surface area contributed by atoms with Crippen molar-refractivity contribution in [3.63, 3.8) is 0 Å². The molecule has 32 heavy (non-hydrogen) atoms. The van der Waals surface area contributed by atoms with E-state index in [0.717, 1.165) is 17.1 Å². The molecule has 1 aliphatic heterocycles. The molecule has 3 aromatic rings. The lowest BCUT2D eigenvalue weighted by atomic mass is 10.2. The molecule has 1 aromatic carbocycles. The van der Waals surface area contributed by atoms with E-state index in [9.17, 15) is 4.79 Å². The Bertz CT molecular complexity index is 1020. The first-order chi connectivity index (χ1) is 15.7. The average Bonchev–Trinajstić information content (AvgIpc) is 2.87. The molecule has 1 saturated heterocycles. The number of pyridine rings is 1. The Hall–Kier alpha value is -3.88. The molecule has 2 aromatic heterocycles. The van der Waals surface area contributed by atoms with Crippen LogP contribution in [-0.2, 0) is 4.79 Å². The molecule has 9 nitrogen and oxygen atoms in total. The Morgan fingerprint density at radius 3 is 2.12 bits per heavy atom. The second-order valence-corrected chi connectivity index (χ2v) is 7.22. The van der Waals surface area contributed by atoms with Crippen LogP contribution in [0.3, 0.4) is 0 Å². The number of piperazine rings is 1. The number of nitrogens with zero attached hydrogens (tertiary/aromatic N) is 5. The van der Waals surface area contributed by atoms with E-state index in [1.165, 1.54) is 0 Å². The lowest BCUT2D eigenvalue weighted by Gasteiger charge is -2.35. The first kappa shape index (κ1) is 21.4. The van der Waals surface area contributed by atoms with Crippen molar-refractivity contribution in [3.05, 3.63) is 54.9 Å². The van der Waals surface area contributed by atoms with Crippen molar-refractivity contribution in [2.45, 2.75) is 0 Å². The maximum Gasteiger partial charge on any atom is 0.260 e. The minimum Gasteiger partial charge on any atom is -0.496 e. The predicted molar refractivity (Wildman–Crippen MR) is 119 cm³/mol. The maximum absolute atomic E-state index is 12.6. The largest absolute Gasteiger partial charge is 0.496 e. The molecular weight excluding hydrogens is 410 g/mol. The molecule has 166 valence electrons. The Kier molecular flexibility index (Phi) is 6.64. The molecule has 0 unspecified atom stereocenters. The Balaban J connectivity index is 1.29. The van der Waals surface area contributed by atoms with Gasteiger partial charge in [-0.15, -0.1) is 10.2 Å². The smallest absolute Gasteiger partial charge is 0.260 e. The van der Waals surface area contributed by atoms with E-state index in [0.29, 0.717) is 43.4 Å². The van der Waals surface area contributed by atoms with Gasteiger partial charge in [-0.3, -0.25) is 9.78 Å². The lowest BCUT2D eigenvalue weighted by molar-refractivity contribution is -0.133. The van der Waals surface area contributed by atoms with Crippen LogP contribution in [0.5, 0.6) is 17.2 Å². The van der Waals surface area contributed by atoms with Crippen molar-refractivity contribution < 1.29 is 19.0 Å². The number of ether oxygens (including phenoxy) is 3. The number of anilines is 1. The van der Waals surface area contributed by atoms with Gasteiger partial charge in [-0.25, -0.2) is 0 Å². The number of benzene rings is 1. The fourth-order valence-corrected chi connectivity index (χ4v) is 3.46. The summed E-state index contributed by atoms with van der Waals surface area (Å²) in [6, 6.07) is 12.9. The van der Waals surface area contributed by atoms with Gasteiger partial charge in [0, 0.05) is 62.3 Å². The number of methoxy groups -OCH3 is 2. The van der Waals surface area contributed by atoms with Crippen LogP contribution < -0.4 is 19.1 Å². The van der Waals surface area contributed by atoms with E-state index >= 15 is 0 Å². The minimum absolute atomic E-state index is 0.0449. The normalized spacial score (nSPS) is 13.6. The number of hydrogen-bond donors (Lipinski definition) is 0. The second kappa shape index (κ2) is 9.95. The average molecular weight is 435 g/mol. The van der Waals surface area contributed by atoms with Crippen molar-refractivity contribution in [2.24, 2.45) is 0 Å². The first-order valence-corrected chi connectivity index (χ1v) is 10.3. The van der Waals surface area contributed by atoms with Gasteiger partial charge in [0.05, 0.1) is 19.9 Å². The zero-order valence-electron chi connectivity index (χ0n) is 18.1. The lowest BCUT2D eigenvalue weighted by Crippen LogP contribution is -2.50. The highest BCUT2D eigenvalue weighted by Crippen LogP contribution is 2.27. The van der Waals surface area contributed by atoms with E-state index in [2.05, 4.69) is 20.1 Å². The van der Waals surface area contributed by atoms with Crippen LogP contribution in [0.15, 0.2) is 54.9 Å². The van der Waals surface area contributed by atoms with Gasteiger partial charge >= 0.3 is 0 Å². The van der Waals surface area contributed by atoms with Crippen LogP contribution in [0.25, 0.3) is 11.3 Å². The van der Waals surface area contributed by atoms with Crippen LogP contribution in [0, 0.1) is 0 Å². The molecule has 0 radical (unpaired) electrons. The summed E-state index contributed by atoms with van der Waals surface area (Å²) in [7, 11) is 3.14. The molecule has 9 heteroatoms. The Morgan fingerprint density at radius 2 is 1.53 bits per heavy atom. The number of carbonyl (C=O) groups is 1. The van der Waals surface area contributed by atoms with Crippen molar-refractivity contribution in [1.82, 2.24) is 20.1 Å². The third-order valence-corrected chi connectivity index (χ3v) is 5.27. The monoisotopic (exact) mass is 435 g/mol. The highest BCUT2D eigenvalue weighted by molar-refractivity contribution is 5.78. The predicted octanol–water partition coefficient (Wildman–Crippen LogP) is 2.28. The van der Waals surface area contributed by atoms with Gasteiger partial charge < -0.3 is 24.0 Å². The van der Waals surface area contributed by atoms with Crippen molar-refractivity contribution in [2.75, 3.05) is 51.9 Å². The van der Waals surface area contributed by atoms with Gasteiger partial charge in [0.25, 0.3) is 5.91 Å². The fraction of sp³-hybridized carbons (Fsp3) is 0.304. The van der Waals surface area contributed by atoms with E-state index < -0.39 is 0 Å². The third kappa shape index (κ3) is 5.05. The van der Waals surface area contributed by atoms with Crippen LogP contribution in [0.2, 0.25) is 0 Å². The van der Waals surface area contributed by atoms with Gasteiger partial charge in [0.1, 0.15) is 17.2 Å². The molecule has 0 bridgehead atoms. The third-order valence-electron chi connectivity index (χ3n) is 5.27. The summed E-state index contributed by atoms with van der Waals surface area (Å²) < 4.78 is 16.1. The zero-order valence-corrected chi connectivity index (χ0v) is 18.1. The molecule has 4 rings (SSSR count). The molecule has 0 atom stereocenters. The summed E-state index contributed by atoms with van der Waals surface area (Å²) in [5, 5.41) is 8.69. The van der Waals surface area contributed by atoms with Crippen LogP contribution >= 0.6 is 0 Å². The number of carbonyl (C=O) groups excluding carboxylic acids is 1. The van der Waals surface area contributed by atoms with Crippen molar-refractivity contribution >= 4 is 11.7 Å². The zero-order chi connectivity index (χ0) is 22.3. The van der Waals surface area contributed by atoms with Crippen molar-refractivity contribution in [3.8, 4) is 28.5 Å². The molecule has 0 N–H and O–H groups in total. The summed E-state index contributed by atoms with van der Waals surface area (Å²) in [5.74, 6) is 2.48.